The van der Waals surface area contributed by atoms with Gasteiger partial charge in [-0.15, -0.1) is 0 Å². The maximum atomic E-state index is 11.9. The Morgan fingerprint density at radius 3 is 2.81 bits per heavy atom. The molecule has 1 N–H and O–H groups in total. The Hall–Kier alpha value is -1.75. The summed E-state index contributed by atoms with van der Waals surface area (Å²) in [5.41, 5.74) is 0.756. The molecule has 5 heteroatoms. The van der Waals surface area contributed by atoms with Gasteiger partial charge in [0.2, 0.25) is 5.91 Å². The minimum absolute atomic E-state index is 0.137. The Kier molecular flexibility index (Phi) is 4.01. The van der Waals surface area contributed by atoms with Crippen LogP contribution in [0.1, 0.15) is 31.4 Å². The summed E-state index contributed by atoms with van der Waals surface area (Å²) in [5, 5.41) is 10.4. The van der Waals surface area contributed by atoms with Crippen LogP contribution in [0.15, 0.2) is 18.2 Å². The number of carbonyl (C=O) groups excluding carboxylic acids is 1. The third-order valence-electron chi connectivity index (χ3n) is 4.22. The SMILES string of the molecule is CCC1CC(=O)N(CC(O)c2ccc3c(c2)OCCO3)C1. The van der Waals surface area contributed by atoms with Crippen molar-refractivity contribution in [2.24, 2.45) is 5.92 Å². The second-order valence-corrected chi connectivity index (χ2v) is 5.70. The van der Waals surface area contributed by atoms with Crippen LogP contribution in [-0.2, 0) is 4.79 Å². The molecule has 1 amide bonds. The van der Waals surface area contributed by atoms with Gasteiger partial charge in [-0.05, 0) is 23.6 Å². The van der Waals surface area contributed by atoms with Gasteiger partial charge < -0.3 is 19.5 Å². The Morgan fingerprint density at radius 1 is 1.33 bits per heavy atom. The zero-order valence-electron chi connectivity index (χ0n) is 12.2. The van der Waals surface area contributed by atoms with Gasteiger partial charge in [0.1, 0.15) is 13.2 Å². The van der Waals surface area contributed by atoms with Gasteiger partial charge in [-0.1, -0.05) is 19.4 Å². The average Bonchev–Trinajstić information content (AvgIpc) is 2.87. The maximum Gasteiger partial charge on any atom is 0.223 e. The van der Waals surface area contributed by atoms with Gasteiger partial charge in [0.25, 0.3) is 0 Å². The summed E-state index contributed by atoms with van der Waals surface area (Å²) < 4.78 is 11.0. The van der Waals surface area contributed by atoms with E-state index in [0.29, 0.717) is 43.6 Å². The molecule has 1 saturated heterocycles. The number of benzene rings is 1. The molecule has 5 nitrogen and oxygen atoms in total. The first-order chi connectivity index (χ1) is 10.2. The average molecular weight is 291 g/mol. The molecular formula is C16H21NO4. The molecule has 0 aromatic heterocycles. The summed E-state index contributed by atoms with van der Waals surface area (Å²) in [6.45, 7) is 4.26. The van der Waals surface area contributed by atoms with Crippen molar-refractivity contribution in [2.45, 2.75) is 25.9 Å². The maximum absolute atomic E-state index is 11.9. The van der Waals surface area contributed by atoms with Gasteiger partial charge in [0, 0.05) is 13.0 Å². The molecule has 2 aliphatic heterocycles. The van der Waals surface area contributed by atoms with Crippen molar-refractivity contribution in [1.29, 1.82) is 0 Å². The molecule has 2 aliphatic rings. The van der Waals surface area contributed by atoms with Crippen LogP contribution in [0.25, 0.3) is 0 Å². The highest BCUT2D eigenvalue weighted by Crippen LogP contribution is 2.33. The quantitative estimate of drug-likeness (QED) is 0.918. The van der Waals surface area contributed by atoms with Gasteiger partial charge >= 0.3 is 0 Å². The van der Waals surface area contributed by atoms with Crippen molar-refractivity contribution in [1.82, 2.24) is 4.90 Å². The molecule has 21 heavy (non-hydrogen) atoms. The van der Waals surface area contributed by atoms with E-state index in [1.807, 2.05) is 12.1 Å². The fourth-order valence-electron chi connectivity index (χ4n) is 2.89. The van der Waals surface area contributed by atoms with E-state index in [1.54, 1.807) is 11.0 Å². The number of hydrogen-bond acceptors (Lipinski definition) is 4. The fourth-order valence-corrected chi connectivity index (χ4v) is 2.89. The first-order valence-corrected chi connectivity index (χ1v) is 7.52. The molecule has 0 spiro atoms. The highest BCUT2D eigenvalue weighted by Gasteiger charge is 2.30. The second-order valence-electron chi connectivity index (χ2n) is 5.70. The fraction of sp³-hybridized carbons (Fsp3) is 0.562. The van der Waals surface area contributed by atoms with Gasteiger partial charge in [-0.3, -0.25) is 4.79 Å². The molecule has 2 atom stereocenters. The molecule has 1 fully saturated rings. The van der Waals surface area contributed by atoms with Crippen LogP contribution in [0, 0.1) is 5.92 Å². The number of ether oxygens (including phenoxy) is 2. The minimum Gasteiger partial charge on any atom is -0.486 e. The van der Waals surface area contributed by atoms with E-state index in [0.717, 1.165) is 18.5 Å². The van der Waals surface area contributed by atoms with Gasteiger partial charge in [-0.25, -0.2) is 0 Å². The molecule has 1 aromatic carbocycles. The zero-order chi connectivity index (χ0) is 14.8. The number of amides is 1. The first-order valence-electron chi connectivity index (χ1n) is 7.52. The molecule has 3 rings (SSSR count). The number of aliphatic hydroxyl groups is 1. The third kappa shape index (κ3) is 2.97. The third-order valence-corrected chi connectivity index (χ3v) is 4.22. The smallest absolute Gasteiger partial charge is 0.223 e. The normalized spacial score (nSPS) is 22.5. The summed E-state index contributed by atoms with van der Waals surface area (Å²) >= 11 is 0. The van der Waals surface area contributed by atoms with Crippen LogP contribution >= 0.6 is 0 Å². The van der Waals surface area contributed by atoms with E-state index < -0.39 is 6.10 Å². The summed E-state index contributed by atoms with van der Waals surface area (Å²) in [6, 6.07) is 5.45. The number of rotatable bonds is 4. The molecule has 0 radical (unpaired) electrons. The lowest BCUT2D eigenvalue weighted by Gasteiger charge is -2.23. The number of nitrogens with zero attached hydrogens (tertiary/aromatic N) is 1. The van der Waals surface area contributed by atoms with Crippen LogP contribution in [0.2, 0.25) is 0 Å². The molecule has 0 aliphatic carbocycles. The molecule has 2 heterocycles. The van der Waals surface area contributed by atoms with Gasteiger partial charge in [0.05, 0.1) is 12.6 Å². The predicted octanol–water partition coefficient (Wildman–Crippen LogP) is 1.75. The van der Waals surface area contributed by atoms with Crippen molar-refractivity contribution in [3.05, 3.63) is 23.8 Å². The Balaban J connectivity index is 1.68. The van der Waals surface area contributed by atoms with E-state index in [4.69, 9.17) is 9.47 Å². The summed E-state index contributed by atoms with van der Waals surface area (Å²) in [4.78, 5) is 13.7. The standard InChI is InChI=1S/C16H21NO4/c1-2-11-7-16(19)17(9-11)10-13(18)12-3-4-14-15(8-12)21-6-5-20-14/h3-4,8,11,13,18H,2,5-7,9-10H2,1H3. The topological polar surface area (TPSA) is 59.0 Å². The van der Waals surface area contributed by atoms with Crippen LogP contribution in [0.4, 0.5) is 0 Å². The molecule has 0 saturated carbocycles. The van der Waals surface area contributed by atoms with Crippen molar-refractivity contribution in [2.75, 3.05) is 26.3 Å². The number of aliphatic hydroxyl groups excluding tert-OH is 1. The molecule has 2 unspecified atom stereocenters. The summed E-state index contributed by atoms with van der Waals surface area (Å²) in [7, 11) is 0. The largest absolute Gasteiger partial charge is 0.486 e. The monoisotopic (exact) mass is 291 g/mol. The Morgan fingerprint density at radius 2 is 2.10 bits per heavy atom. The van der Waals surface area contributed by atoms with Crippen LogP contribution in [0.3, 0.4) is 0 Å². The molecule has 114 valence electrons. The lowest BCUT2D eigenvalue weighted by molar-refractivity contribution is -0.129. The van der Waals surface area contributed by atoms with Crippen LogP contribution in [-0.4, -0.2) is 42.2 Å². The number of hydrogen-bond donors (Lipinski definition) is 1. The summed E-state index contributed by atoms with van der Waals surface area (Å²) in [6.07, 6.45) is 0.910. The lowest BCUT2D eigenvalue weighted by atomic mass is 10.1. The Labute approximate surface area is 124 Å². The Bertz CT molecular complexity index is 531. The molecular weight excluding hydrogens is 270 g/mol. The van der Waals surface area contributed by atoms with E-state index in [9.17, 15) is 9.90 Å². The molecule has 1 aromatic rings. The number of likely N-dealkylation sites (tertiary alicyclic amines) is 1. The number of β-amino-alcohol motifs (C(OH)–C–C–N with tert-alkyl or cyclic N) is 1. The van der Waals surface area contributed by atoms with Crippen molar-refractivity contribution >= 4 is 5.91 Å². The summed E-state index contributed by atoms with van der Waals surface area (Å²) in [5.74, 6) is 1.93. The number of fused-ring (bicyclic) bond motifs is 1. The van der Waals surface area contributed by atoms with E-state index >= 15 is 0 Å². The van der Waals surface area contributed by atoms with Crippen molar-refractivity contribution in [3.63, 3.8) is 0 Å². The highest BCUT2D eigenvalue weighted by atomic mass is 16.6. The van der Waals surface area contributed by atoms with E-state index in [1.165, 1.54) is 0 Å². The minimum atomic E-state index is -0.694. The molecule has 0 bridgehead atoms. The predicted molar refractivity (Wildman–Crippen MR) is 77.4 cm³/mol. The van der Waals surface area contributed by atoms with Gasteiger partial charge in [0.15, 0.2) is 11.5 Å². The first kappa shape index (κ1) is 14.2. The highest BCUT2D eigenvalue weighted by molar-refractivity contribution is 5.78. The zero-order valence-corrected chi connectivity index (χ0v) is 12.2. The van der Waals surface area contributed by atoms with Crippen molar-refractivity contribution < 1.29 is 19.4 Å². The van der Waals surface area contributed by atoms with Gasteiger partial charge in [-0.2, -0.15) is 0 Å². The number of carbonyl (C=O) groups is 1. The van der Waals surface area contributed by atoms with Crippen molar-refractivity contribution in [3.8, 4) is 11.5 Å². The van der Waals surface area contributed by atoms with Crippen LogP contribution < -0.4 is 9.47 Å². The lowest BCUT2D eigenvalue weighted by Crippen LogP contribution is -2.30. The second kappa shape index (κ2) is 5.93. The van der Waals surface area contributed by atoms with Crippen LogP contribution in [0.5, 0.6) is 11.5 Å². The van der Waals surface area contributed by atoms with E-state index in [-0.39, 0.29) is 5.91 Å². The van der Waals surface area contributed by atoms with E-state index in [2.05, 4.69) is 6.92 Å².